The lowest BCUT2D eigenvalue weighted by atomic mass is 10.1. The largest absolute Gasteiger partial charge is 0.494 e. The average Bonchev–Trinajstić information content (AvgIpc) is 3.32. The molecule has 0 radical (unpaired) electrons. The van der Waals surface area contributed by atoms with Gasteiger partial charge in [0.1, 0.15) is 12.4 Å². The molecule has 1 unspecified atom stereocenters. The topological polar surface area (TPSA) is 111 Å². The fraction of sp³-hybridized carbons (Fsp3) is 0.364. The number of benzene rings is 2. The molecule has 2 aromatic carbocycles. The van der Waals surface area contributed by atoms with Crippen molar-refractivity contribution in [2.45, 2.75) is 32.8 Å². The lowest BCUT2D eigenvalue weighted by Crippen LogP contribution is -2.24. The molecule has 31 heavy (non-hydrogen) atoms. The molecule has 3 aromatic rings. The summed E-state index contributed by atoms with van der Waals surface area (Å²) in [6, 6.07) is 12.4. The number of ether oxygens (including phenoxy) is 3. The number of carbonyl (C=O) groups excluding carboxylic acids is 1. The van der Waals surface area contributed by atoms with E-state index in [1.165, 1.54) is 0 Å². The van der Waals surface area contributed by atoms with Crippen molar-refractivity contribution in [3.63, 3.8) is 0 Å². The summed E-state index contributed by atoms with van der Waals surface area (Å²) < 4.78 is 17.5. The molecule has 2 heterocycles. The maximum Gasteiger partial charge on any atom is 0.255 e. The highest BCUT2D eigenvalue weighted by Crippen LogP contribution is 2.41. The molecular weight excluding hydrogens is 398 g/mol. The minimum absolute atomic E-state index is 0.253. The molecule has 1 aliphatic rings. The predicted molar refractivity (Wildman–Crippen MR) is 113 cm³/mol. The van der Waals surface area contributed by atoms with Gasteiger partial charge in [0.2, 0.25) is 5.82 Å². The SMILES string of the molecule is CC(C)CCCOc1ccc(C(=O)Nc2cccc3c2OC(c2nn[nH]n2)CO3)cc1. The first-order valence-corrected chi connectivity index (χ1v) is 10.3. The maximum atomic E-state index is 12.8. The summed E-state index contributed by atoms with van der Waals surface area (Å²) in [7, 11) is 0. The highest BCUT2D eigenvalue weighted by atomic mass is 16.6. The van der Waals surface area contributed by atoms with Crippen LogP contribution in [0.3, 0.4) is 0 Å². The summed E-state index contributed by atoms with van der Waals surface area (Å²) in [6.07, 6.45) is 1.61. The number of amides is 1. The van der Waals surface area contributed by atoms with Gasteiger partial charge >= 0.3 is 0 Å². The van der Waals surface area contributed by atoms with Crippen LogP contribution in [0.1, 0.15) is 49.0 Å². The quantitative estimate of drug-likeness (QED) is 0.530. The molecule has 1 aliphatic heterocycles. The number of rotatable bonds is 8. The van der Waals surface area contributed by atoms with Crippen molar-refractivity contribution in [1.82, 2.24) is 20.6 Å². The van der Waals surface area contributed by atoms with Crippen molar-refractivity contribution < 1.29 is 19.0 Å². The Labute approximate surface area is 180 Å². The molecule has 1 aromatic heterocycles. The molecule has 162 valence electrons. The van der Waals surface area contributed by atoms with Gasteiger partial charge < -0.3 is 19.5 Å². The molecule has 0 aliphatic carbocycles. The summed E-state index contributed by atoms with van der Waals surface area (Å²) in [5.41, 5.74) is 1.02. The highest BCUT2D eigenvalue weighted by molar-refractivity contribution is 6.05. The van der Waals surface area contributed by atoms with Crippen molar-refractivity contribution in [1.29, 1.82) is 0 Å². The molecule has 9 heteroatoms. The van der Waals surface area contributed by atoms with E-state index in [4.69, 9.17) is 14.2 Å². The van der Waals surface area contributed by atoms with Crippen LogP contribution in [0, 0.1) is 5.92 Å². The van der Waals surface area contributed by atoms with E-state index in [2.05, 4.69) is 39.8 Å². The van der Waals surface area contributed by atoms with Crippen molar-refractivity contribution >= 4 is 11.6 Å². The van der Waals surface area contributed by atoms with Crippen molar-refractivity contribution in [3.8, 4) is 17.2 Å². The Kier molecular flexibility index (Phi) is 6.30. The summed E-state index contributed by atoms with van der Waals surface area (Å²) in [5.74, 6) is 2.51. The number of nitrogens with zero attached hydrogens (tertiary/aromatic N) is 3. The van der Waals surface area contributed by atoms with E-state index in [0.29, 0.717) is 41.1 Å². The van der Waals surface area contributed by atoms with Gasteiger partial charge in [-0.3, -0.25) is 4.79 Å². The second-order valence-electron chi connectivity index (χ2n) is 7.68. The van der Waals surface area contributed by atoms with Gasteiger partial charge in [0, 0.05) is 5.56 Å². The Morgan fingerprint density at radius 2 is 2.10 bits per heavy atom. The molecule has 0 bridgehead atoms. The van der Waals surface area contributed by atoms with Crippen molar-refractivity contribution in [2.24, 2.45) is 5.92 Å². The molecule has 1 atom stereocenters. The first-order chi connectivity index (χ1) is 15.1. The van der Waals surface area contributed by atoms with Crippen LogP contribution in [-0.4, -0.2) is 39.7 Å². The number of anilines is 1. The fourth-order valence-corrected chi connectivity index (χ4v) is 3.20. The molecule has 1 amide bonds. The lowest BCUT2D eigenvalue weighted by Gasteiger charge is -2.26. The number of nitrogens with one attached hydrogen (secondary N) is 2. The van der Waals surface area contributed by atoms with E-state index in [0.717, 1.165) is 18.6 Å². The van der Waals surface area contributed by atoms with Gasteiger partial charge in [-0.05, 0) is 55.2 Å². The summed E-state index contributed by atoms with van der Waals surface area (Å²) in [4.78, 5) is 12.8. The van der Waals surface area contributed by atoms with Gasteiger partial charge in [0.15, 0.2) is 17.6 Å². The van der Waals surface area contributed by atoms with Gasteiger partial charge in [0.05, 0.1) is 12.3 Å². The van der Waals surface area contributed by atoms with Gasteiger partial charge in [-0.1, -0.05) is 25.1 Å². The molecular formula is C22H25N5O4. The number of tetrazole rings is 1. The monoisotopic (exact) mass is 423 g/mol. The van der Waals surface area contributed by atoms with Crippen LogP contribution < -0.4 is 19.5 Å². The Balaban J connectivity index is 1.40. The normalized spacial score (nSPS) is 15.0. The number of hydrogen-bond acceptors (Lipinski definition) is 7. The number of carbonyl (C=O) groups is 1. The Bertz CT molecular complexity index is 1010. The molecule has 0 spiro atoms. The number of fused-ring (bicyclic) bond motifs is 1. The zero-order chi connectivity index (χ0) is 21.6. The lowest BCUT2D eigenvalue weighted by molar-refractivity contribution is 0.0856. The molecule has 0 fully saturated rings. The van der Waals surface area contributed by atoms with Crippen LogP contribution in [0.4, 0.5) is 5.69 Å². The third-order valence-electron chi connectivity index (χ3n) is 4.84. The minimum Gasteiger partial charge on any atom is -0.494 e. The molecule has 0 saturated heterocycles. The third-order valence-corrected chi connectivity index (χ3v) is 4.84. The second kappa shape index (κ2) is 9.46. The van der Waals surface area contributed by atoms with Gasteiger partial charge in [0.25, 0.3) is 5.91 Å². The Morgan fingerprint density at radius 3 is 2.84 bits per heavy atom. The average molecular weight is 423 g/mol. The number of H-pyrrole nitrogens is 1. The summed E-state index contributed by atoms with van der Waals surface area (Å²) in [5, 5.41) is 16.7. The molecule has 2 N–H and O–H groups in total. The first-order valence-electron chi connectivity index (χ1n) is 10.3. The van der Waals surface area contributed by atoms with E-state index in [9.17, 15) is 4.79 Å². The molecule has 4 rings (SSSR count). The van der Waals surface area contributed by atoms with Crippen molar-refractivity contribution in [2.75, 3.05) is 18.5 Å². The first kappa shape index (κ1) is 20.6. The zero-order valence-corrected chi connectivity index (χ0v) is 17.5. The van der Waals surface area contributed by atoms with Gasteiger partial charge in [-0.2, -0.15) is 5.21 Å². The van der Waals surface area contributed by atoms with E-state index in [1.807, 2.05) is 0 Å². The molecule has 0 saturated carbocycles. The van der Waals surface area contributed by atoms with E-state index in [-0.39, 0.29) is 12.5 Å². The fourth-order valence-electron chi connectivity index (χ4n) is 3.20. The van der Waals surface area contributed by atoms with E-state index >= 15 is 0 Å². The van der Waals surface area contributed by atoms with Crippen LogP contribution >= 0.6 is 0 Å². The van der Waals surface area contributed by atoms with Crippen LogP contribution in [0.5, 0.6) is 17.2 Å². The Morgan fingerprint density at radius 1 is 1.26 bits per heavy atom. The predicted octanol–water partition coefficient (Wildman–Crippen LogP) is 3.78. The van der Waals surface area contributed by atoms with E-state index < -0.39 is 6.10 Å². The number of hydrogen-bond donors (Lipinski definition) is 2. The third kappa shape index (κ3) is 5.11. The Hall–Kier alpha value is -3.62. The van der Waals surface area contributed by atoms with Gasteiger partial charge in [-0.15, -0.1) is 10.2 Å². The zero-order valence-electron chi connectivity index (χ0n) is 17.5. The molecule has 9 nitrogen and oxygen atoms in total. The second-order valence-corrected chi connectivity index (χ2v) is 7.68. The number of aromatic amines is 1. The van der Waals surface area contributed by atoms with Crippen LogP contribution in [0.25, 0.3) is 0 Å². The highest BCUT2D eigenvalue weighted by Gasteiger charge is 2.28. The van der Waals surface area contributed by atoms with Crippen LogP contribution in [0.15, 0.2) is 42.5 Å². The minimum atomic E-state index is -0.517. The van der Waals surface area contributed by atoms with Crippen molar-refractivity contribution in [3.05, 3.63) is 53.9 Å². The van der Waals surface area contributed by atoms with Crippen LogP contribution in [-0.2, 0) is 0 Å². The summed E-state index contributed by atoms with van der Waals surface area (Å²) >= 11 is 0. The number of aromatic nitrogens is 4. The van der Waals surface area contributed by atoms with Crippen LogP contribution in [0.2, 0.25) is 0 Å². The summed E-state index contributed by atoms with van der Waals surface area (Å²) in [6.45, 7) is 5.31. The van der Waals surface area contributed by atoms with Gasteiger partial charge in [-0.25, -0.2) is 0 Å². The van der Waals surface area contributed by atoms with E-state index in [1.54, 1.807) is 42.5 Å². The smallest absolute Gasteiger partial charge is 0.255 e. The standard InChI is InChI=1S/C22H25N5O4/c1-14(2)5-4-12-29-16-10-8-15(9-11-16)22(28)23-17-6-3-7-18-20(17)31-19(13-30-18)21-24-26-27-25-21/h3,6-11,14,19H,4-5,12-13H2,1-2H3,(H,23,28)(H,24,25,26,27). The number of para-hydroxylation sites is 1. The maximum absolute atomic E-state index is 12.8.